The molecule has 1 aliphatic carbocycles. The van der Waals surface area contributed by atoms with Crippen LogP contribution < -0.4 is 11.1 Å². The molecule has 3 heteroatoms. The van der Waals surface area contributed by atoms with Crippen molar-refractivity contribution in [2.45, 2.75) is 63.5 Å². The fourth-order valence-corrected chi connectivity index (χ4v) is 3.38. The Morgan fingerprint density at radius 3 is 2.35 bits per heavy atom. The first-order chi connectivity index (χ1) is 8.28. The van der Waals surface area contributed by atoms with Crippen LogP contribution in [-0.2, 0) is 0 Å². The lowest BCUT2D eigenvalue weighted by Gasteiger charge is -2.44. The highest BCUT2D eigenvalue weighted by molar-refractivity contribution is 4.96. The molecule has 0 radical (unpaired) electrons. The van der Waals surface area contributed by atoms with Crippen molar-refractivity contribution in [3.8, 4) is 0 Å². The van der Waals surface area contributed by atoms with Gasteiger partial charge in [0.2, 0.25) is 0 Å². The number of rotatable bonds is 4. The van der Waals surface area contributed by atoms with E-state index in [2.05, 4.69) is 17.1 Å². The summed E-state index contributed by atoms with van der Waals surface area (Å²) in [6.45, 7) is 6.68. The number of piperidine rings is 1. The third kappa shape index (κ3) is 3.43. The Morgan fingerprint density at radius 2 is 1.82 bits per heavy atom. The highest BCUT2D eigenvalue weighted by atomic mass is 15.2. The molecule has 0 bridgehead atoms. The normalized spacial score (nSPS) is 27.2. The van der Waals surface area contributed by atoms with Gasteiger partial charge in [0.25, 0.3) is 0 Å². The van der Waals surface area contributed by atoms with Crippen LogP contribution in [0.25, 0.3) is 0 Å². The van der Waals surface area contributed by atoms with Crippen molar-refractivity contribution in [2.75, 3.05) is 26.2 Å². The summed E-state index contributed by atoms with van der Waals surface area (Å²) in [5, 5.41) is 3.91. The Kier molecular flexibility index (Phi) is 4.83. The monoisotopic (exact) mass is 239 g/mol. The van der Waals surface area contributed by atoms with Gasteiger partial charge in [-0.1, -0.05) is 26.2 Å². The molecule has 1 heterocycles. The van der Waals surface area contributed by atoms with Crippen molar-refractivity contribution in [2.24, 2.45) is 5.73 Å². The SMILES string of the molecule is CCN1CCC(CN)(NC2CCCCC2)CC1. The quantitative estimate of drug-likeness (QED) is 0.785. The molecule has 1 aliphatic heterocycles. The smallest absolute Gasteiger partial charge is 0.0330 e. The fraction of sp³-hybridized carbons (Fsp3) is 1.00. The average Bonchev–Trinajstić information content (AvgIpc) is 2.41. The van der Waals surface area contributed by atoms with Gasteiger partial charge in [-0.3, -0.25) is 0 Å². The highest BCUT2D eigenvalue weighted by Gasteiger charge is 2.34. The minimum Gasteiger partial charge on any atom is -0.329 e. The average molecular weight is 239 g/mol. The van der Waals surface area contributed by atoms with Gasteiger partial charge in [0.15, 0.2) is 0 Å². The molecule has 0 amide bonds. The number of likely N-dealkylation sites (tertiary alicyclic amines) is 1. The molecule has 0 aromatic heterocycles. The summed E-state index contributed by atoms with van der Waals surface area (Å²) in [5.74, 6) is 0. The Balaban J connectivity index is 1.86. The van der Waals surface area contributed by atoms with Gasteiger partial charge in [-0.2, -0.15) is 0 Å². The van der Waals surface area contributed by atoms with Crippen molar-refractivity contribution in [1.82, 2.24) is 10.2 Å². The van der Waals surface area contributed by atoms with E-state index in [4.69, 9.17) is 5.73 Å². The molecule has 100 valence electrons. The molecule has 0 unspecified atom stereocenters. The molecule has 1 saturated heterocycles. The van der Waals surface area contributed by atoms with E-state index in [1.54, 1.807) is 0 Å². The van der Waals surface area contributed by atoms with Crippen molar-refractivity contribution >= 4 is 0 Å². The van der Waals surface area contributed by atoms with Crippen LogP contribution >= 0.6 is 0 Å². The van der Waals surface area contributed by atoms with E-state index in [1.165, 1.54) is 64.6 Å². The van der Waals surface area contributed by atoms with Crippen LogP contribution in [0.15, 0.2) is 0 Å². The zero-order valence-corrected chi connectivity index (χ0v) is 11.4. The zero-order valence-electron chi connectivity index (χ0n) is 11.4. The number of hydrogen-bond acceptors (Lipinski definition) is 3. The molecule has 2 fully saturated rings. The van der Waals surface area contributed by atoms with Gasteiger partial charge in [0, 0.05) is 18.1 Å². The summed E-state index contributed by atoms with van der Waals surface area (Å²) in [4.78, 5) is 2.54. The molecule has 2 rings (SSSR count). The van der Waals surface area contributed by atoms with Gasteiger partial charge < -0.3 is 16.0 Å². The summed E-state index contributed by atoms with van der Waals surface area (Å²) in [7, 11) is 0. The van der Waals surface area contributed by atoms with E-state index in [0.29, 0.717) is 0 Å². The molecular formula is C14H29N3. The molecule has 0 spiro atoms. The van der Waals surface area contributed by atoms with Gasteiger partial charge in [0.1, 0.15) is 0 Å². The summed E-state index contributed by atoms with van der Waals surface area (Å²) in [5.41, 5.74) is 6.31. The first-order valence-electron chi connectivity index (χ1n) is 7.48. The topological polar surface area (TPSA) is 41.3 Å². The van der Waals surface area contributed by atoms with Gasteiger partial charge in [-0.25, -0.2) is 0 Å². The Morgan fingerprint density at radius 1 is 1.18 bits per heavy atom. The molecule has 2 aliphatic rings. The predicted molar refractivity (Wildman–Crippen MR) is 73.1 cm³/mol. The van der Waals surface area contributed by atoms with E-state index in [9.17, 15) is 0 Å². The highest BCUT2D eigenvalue weighted by Crippen LogP contribution is 2.26. The van der Waals surface area contributed by atoms with Crippen LogP contribution in [0.5, 0.6) is 0 Å². The molecule has 1 saturated carbocycles. The second kappa shape index (κ2) is 6.17. The zero-order chi connectivity index (χ0) is 12.1. The maximum Gasteiger partial charge on any atom is 0.0330 e. The maximum atomic E-state index is 6.06. The van der Waals surface area contributed by atoms with Crippen molar-refractivity contribution in [3.05, 3.63) is 0 Å². The second-order valence-corrected chi connectivity index (χ2v) is 5.90. The van der Waals surface area contributed by atoms with Gasteiger partial charge >= 0.3 is 0 Å². The largest absolute Gasteiger partial charge is 0.329 e. The molecular weight excluding hydrogens is 210 g/mol. The summed E-state index contributed by atoms with van der Waals surface area (Å²) in [6, 6.07) is 0.737. The fourth-order valence-electron chi connectivity index (χ4n) is 3.38. The summed E-state index contributed by atoms with van der Waals surface area (Å²) < 4.78 is 0. The standard InChI is InChI=1S/C14H29N3/c1-2-17-10-8-14(12-15,9-11-17)16-13-6-4-3-5-7-13/h13,16H,2-12,15H2,1H3. The van der Waals surface area contributed by atoms with E-state index in [-0.39, 0.29) is 5.54 Å². The van der Waals surface area contributed by atoms with Crippen molar-refractivity contribution < 1.29 is 0 Å². The Labute approximate surface area is 106 Å². The van der Waals surface area contributed by atoms with Gasteiger partial charge in [-0.05, 0) is 45.3 Å². The molecule has 17 heavy (non-hydrogen) atoms. The number of hydrogen-bond donors (Lipinski definition) is 2. The van der Waals surface area contributed by atoms with Crippen LogP contribution in [0.3, 0.4) is 0 Å². The van der Waals surface area contributed by atoms with E-state index in [0.717, 1.165) is 12.6 Å². The molecule has 0 atom stereocenters. The predicted octanol–water partition coefficient (Wildman–Crippen LogP) is 1.72. The third-order valence-corrected chi connectivity index (χ3v) is 4.77. The number of nitrogens with one attached hydrogen (secondary N) is 1. The van der Waals surface area contributed by atoms with Crippen LogP contribution in [0.1, 0.15) is 51.9 Å². The lowest BCUT2D eigenvalue weighted by molar-refractivity contribution is 0.126. The molecule has 3 nitrogen and oxygen atoms in total. The summed E-state index contributed by atoms with van der Waals surface area (Å²) in [6.07, 6.45) is 9.41. The second-order valence-electron chi connectivity index (χ2n) is 5.90. The van der Waals surface area contributed by atoms with Crippen LogP contribution in [0.4, 0.5) is 0 Å². The van der Waals surface area contributed by atoms with Crippen LogP contribution in [0.2, 0.25) is 0 Å². The lowest BCUT2D eigenvalue weighted by Crippen LogP contribution is -2.60. The van der Waals surface area contributed by atoms with Crippen molar-refractivity contribution in [1.29, 1.82) is 0 Å². The Bertz CT molecular complexity index is 216. The number of nitrogens with two attached hydrogens (primary N) is 1. The molecule has 3 N–H and O–H groups in total. The van der Waals surface area contributed by atoms with Crippen LogP contribution in [-0.4, -0.2) is 42.7 Å². The molecule has 0 aromatic carbocycles. The lowest BCUT2D eigenvalue weighted by atomic mass is 9.84. The van der Waals surface area contributed by atoms with Gasteiger partial charge in [0.05, 0.1) is 0 Å². The third-order valence-electron chi connectivity index (χ3n) is 4.77. The first-order valence-corrected chi connectivity index (χ1v) is 7.48. The van der Waals surface area contributed by atoms with E-state index >= 15 is 0 Å². The Hall–Kier alpha value is -0.120. The molecule has 0 aromatic rings. The van der Waals surface area contributed by atoms with E-state index in [1.807, 2.05) is 0 Å². The maximum absolute atomic E-state index is 6.06. The van der Waals surface area contributed by atoms with Gasteiger partial charge in [-0.15, -0.1) is 0 Å². The summed E-state index contributed by atoms with van der Waals surface area (Å²) >= 11 is 0. The minimum absolute atomic E-state index is 0.244. The minimum atomic E-state index is 0.244. The first kappa shape index (κ1) is 13.3. The van der Waals surface area contributed by atoms with E-state index < -0.39 is 0 Å². The van der Waals surface area contributed by atoms with Crippen LogP contribution in [0, 0.1) is 0 Å². The van der Waals surface area contributed by atoms with Crippen molar-refractivity contribution in [3.63, 3.8) is 0 Å². The number of nitrogens with zero attached hydrogens (tertiary/aromatic N) is 1.